The first-order chi connectivity index (χ1) is 11.6. The number of aryl methyl sites for hydroxylation is 3. The van der Waals surface area contributed by atoms with Gasteiger partial charge in [0, 0.05) is 9.35 Å². The van der Waals surface area contributed by atoms with Gasteiger partial charge in [-0.25, -0.2) is 4.98 Å². The minimum atomic E-state index is -0.0507. The van der Waals surface area contributed by atoms with Gasteiger partial charge in [0.1, 0.15) is 10.7 Å². The molecule has 4 rings (SSSR count). The van der Waals surface area contributed by atoms with Gasteiger partial charge in [-0.05, 0) is 55.9 Å². The lowest BCUT2D eigenvalue weighted by molar-refractivity contribution is 0.698. The second-order valence-electron chi connectivity index (χ2n) is 5.96. The Morgan fingerprint density at radius 3 is 2.79 bits per heavy atom. The van der Waals surface area contributed by atoms with Crippen molar-refractivity contribution in [3.63, 3.8) is 0 Å². The van der Waals surface area contributed by atoms with Crippen molar-refractivity contribution < 1.29 is 0 Å². The summed E-state index contributed by atoms with van der Waals surface area (Å²) in [6.45, 7) is 1.83. The highest BCUT2D eigenvalue weighted by atomic mass is 79.9. The maximum Gasteiger partial charge on any atom is 0.283 e. The molecule has 0 saturated heterocycles. The number of aromatic nitrogens is 2. The number of thiophene rings is 1. The van der Waals surface area contributed by atoms with Crippen LogP contribution in [0.25, 0.3) is 10.2 Å². The van der Waals surface area contributed by atoms with Crippen LogP contribution < -0.4 is 5.56 Å². The lowest BCUT2D eigenvalue weighted by atomic mass is 9.97. The van der Waals surface area contributed by atoms with E-state index in [0.29, 0.717) is 5.82 Å². The zero-order valence-corrected chi connectivity index (χ0v) is 15.7. The van der Waals surface area contributed by atoms with Crippen LogP contribution in [0.15, 0.2) is 38.6 Å². The lowest BCUT2D eigenvalue weighted by Gasteiger charge is -2.10. The van der Waals surface area contributed by atoms with Gasteiger partial charge < -0.3 is 0 Å². The van der Waals surface area contributed by atoms with Gasteiger partial charge in [0.2, 0.25) is 0 Å². The van der Waals surface area contributed by atoms with Gasteiger partial charge in [-0.15, -0.1) is 11.3 Å². The third-order valence-corrected chi connectivity index (χ3v) is 6.04. The van der Waals surface area contributed by atoms with Crippen LogP contribution in [0.4, 0.5) is 0 Å². The summed E-state index contributed by atoms with van der Waals surface area (Å²) in [5.41, 5.74) is 2.09. The molecular weight excluding hydrogens is 386 g/mol. The fourth-order valence-corrected chi connectivity index (χ4v) is 4.67. The zero-order valence-electron chi connectivity index (χ0n) is 13.3. The number of hydrogen-bond acceptors (Lipinski definition) is 4. The van der Waals surface area contributed by atoms with Crippen molar-refractivity contribution in [3.05, 3.63) is 60.9 Å². The molecule has 24 heavy (non-hydrogen) atoms. The molecule has 0 aliphatic heterocycles. The van der Waals surface area contributed by atoms with Crippen LogP contribution in [0.1, 0.15) is 34.7 Å². The molecule has 0 saturated carbocycles. The highest BCUT2D eigenvalue weighted by molar-refractivity contribution is 9.10. The number of nitrogens with zero attached hydrogens (tertiary/aromatic N) is 3. The van der Waals surface area contributed by atoms with Crippen LogP contribution in [0.5, 0.6) is 0 Å². The maximum atomic E-state index is 13.0. The van der Waals surface area contributed by atoms with E-state index in [2.05, 4.69) is 26.0 Å². The molecule has 0 unspecified atom stereocenters. The minimum Gasteiger partial charge on any atom is -0.267 e. The van der Waals surface area contributed by atoms with E-state index >= 15 is 0 Å². The van der Waals surface area contributed by atoms with Gasteiger partial charge in [-0.1, -0.05) is 28.1 Å². The molecule has 1 aliphatic rings. The van der Waals surface area contributed by atoms with Crippen LogP contribution in [-0.2, 0) is 12.8 Å². The number of rotatable bonds is 2. The van der Waals surface area contributed by atoms with Gasteiger partial charge >= 0.3 is 0 Å². The summed E-state index contributed by atoms with van der Waals surface area (Å²) in [6, 6.07) is 7.81. The molecule has 1 aromatic carbocycles. The smallest absolute Gasteiger partial charge is 0.267 e. The predicted molar refractivity (Wildman–Crippen MR) is 102 cm³/mol. The van der Waals surface area contributed by atoms with Crippen molar-refractivity contribution in [2.24, 2.45) is 5.10 Å². The second kappa shape index (κ2) is 6.26. The van der Waals surface area contributed by atoms with Crippen molar-refractivity contribution in [2.75, 3.05) is 0 Å². The lowest BCUT2D eigenvalue weighted by Crippen LogP contribution is -2.21. The first kappa shape index (κ1) is 15.7. The normalized spacial score (nSPS) is 14.4. The van der Waals surface area contributed by atoms with Crippen LogP contribution >= 0.6 is 27.3 Å². The fourth-order valence-electron chi connectivity index (χ4n) is 3.11. The Morgan fingerprint density at radius 2 is 2.00 bits per heavy atom. The molecule has 0 bridgehead atoms. The monoisotopic (exact) mass is 401 g/mol. The highest BCUT2D eigenvalue weighted by Gasteiger charge is 2.20. The Morgan fingerprint density at radius 1 is 1.25 bits per heavy atom. The molecule has 2 aromatic heterocycles. The van der Waals surface area contributed by atoms with E-state index in [-0.39, 0.29) is 5.56 Å². The number of halogens is 1. The van der Waals surface area contributed by atoms with Crippen molar-refractivity contribution in [2.45, 2.75) is 32.6 Å². The first-order valence-electron chi connectivity index (χ1n) is 7.97. The number of fused-ring (bicyclic) bond motifs is 3. The van der Waals surface area contributed by atoms with Crippen LogP contribution in [0, 0.1) is 6.92 Å². The zero-order chi connectivity index (χ0) is 16.7. The molecule has 6 heteroatoms. The average Bonchev–Trinajstić information content (AvgIpc) is 2.94. The van der Waals surface area contributed by atoms with Crippen molar-refractivity contribution in [1.82, 2.24) is 9.66 Å². The Bertz CT molecular complexity index is 1000. The van der Waals surface area contributed by atoms with E-state index in [9.17, 15) is 4.79 Å². The maximum absolute atomic E-state index is 13.0. The topological polar surface area (TPSA) is 47.2 Å². The van der Waals surface area contributed by atoms with E-state index in [1.807, 2.05) is 31.2 Å². The predicted octanol–water partition coefficient (Wildman–Crippen LogP) is 4.29. The van der Waals surface area contributed by atoms with Crippen LogP contribution in [0.3, 0.4) is 0 Å². The summed E-state index contributed by atoms with van der Waals surface area (Å²) in [5, 5.41) is 5.16. The molecule has 122 valence electrons. The van der Waals surface area contributed by atoms with Crippen molar-refractivity contribution in [3.8, 4) is 0 Å². The van der Waals surface area contributed by atoms with E-state index in [1.165, 1.54) is 21.5 Å². The molecule has 3 aromatic rings. The Kier molecular flexibility index (Phi) is 4.10. The van der Waals surface area contributed by atoms with Gasteiger partial charge in [0.15, 0.2) is 0 Å². The quantitative estimate of drug-likeness (QED) is 0.601. The number of benzene rings is 1. The summed E-state index contributed by atoms with van der Waals surface area (Å²) in [4.78, 5) is 19.8. The molecule has 0 atom stereocenters. The van der Waals surface area contributed by atoms with Crippen molar-refractivity contribution >= 4 is 43.7 Å². The Labute approximate surface area is 152 Å². The summed E-state index contributed by atoms with van der Waals surface area (Å²) < 4.78 is 2.44. The molecular formula is C18H16BrN3OS. The Balaban J connectivity index is 1.83. The molecule has 0 radical (unpaired) electrons. The second-order valence-corrected chi connectivity index (χ2v) is 7.96. The van der Waals surface area contributed by atoms with Crippen LogP contribution in [-0.4, -0.2) is 15.9 Å². The average molecular weight is 402 g/mol. The highest BCUT2D eigenvalue weighted by Crippen LogP contribution is 2.33. The molecule has 1 aliphatic carbocycles. The summed E-state index contributed by atoms with van der Waals surface area (Å²) in [7, 11) is 0. The van der Waals surface area contributed by atoms with E-state index < -0.39 is 0 Å². The summed E-state index contributed by atoms with van der Waals surface area (Å²) >= 11 is 5.09. The molecule has 0 spiro atoms. The van der Waals surface area contributed by atoms with Gasteiger partial charge in [-0.2, -0.15) is 9.78 Å². The first-order valence-corrected chi connectivity index (χ1v) is 9.58. The van der Waals surface area contributed by atoms with E-state index in [1.54, 1.807) is 17.6 Å². The Hall–Kier alpha value is -1.79. The summed E-state index contributed by atoms with van der Waals surface area (Å²) in [5.74, 6) is 0.624. The van der Waals surface area contributed by atoms with Crippen molar-refractivity contribution in [1.29, 1.82) is 0 Å². The van der Waals surface area contributed by atoms with E-state index in [0.717, 1.165) is 39.5 Å². The van der Waals surface area contributed by atoms with Gasteiger partial charge in [-0.3, -0.25) is 4.79 Å². The number of hydrogen-bond donors (Lipinski definition) is 0. The summed E-state index contributed by atoms with van der Waals surface area (Å²) in [6.07, 6.45) is 6.10. The SMILES string of the molecule is Cc1nc2sc3c(c2c(=O)n1N=Cc1ccc(Br)cc1)CCCC3. The third-order valence-electron chi connectivity index (χ3n) is 4.32. The third kappa shape index (κ3) is 2.74. The molecule has 4 nitrogen and oxygen atoms in total. The largest absolute Gasteiger partial charge is 0.283 e. The molecule has 0 N–H and O–H groups in total. The van der Waals surface area contributed by atoms with Gasteiger partial charge in [0.05, 0.1) is 11.6 Å². The minimum absolute atomic E-state index is 0.0507. The van der Waals surface area contributed by atoms with Crippen LogP contribution in [0.2, 0.25) is 0 Å². The molecule has 0 amide bonds. The van der Waals surface area contributed by atoms with E-state index in [4.69, 9.17) is 0 Å². The molecule has 0 fully saturated rings. The standard InChI is InChI=1S/C18H16BrN3OS/c1-11-21-17-16(14-4-2-3-5-15(14)24-17)18(23)22(11)20-10-12-6-8-13(19)9-7-12/h6-10H,2-5H2,1H3. The van der Waals surface area contributed by atoms with Gasteiger partial charge in [0.25, 0.3) is 5.56 Å². The molecule has 2 heterocycles. The fraction of sp³-hybridized carbons (Fsp3) is 0.278.